The Morgan fingerprint density at radius 1 is 1.50 bits per heavy atom. The number of hydrogen-bond donors (Lipinski definition) is 3. The summed E-state index contributed by atoms with van der Waals surface area (Å²) in [4.78, 5) is 21.9. The largest absolute Gasteiger partial charge is 0.377 e. The predicted octanol–water partition coefficient (Wildman–Crippen LogP) is -0.390. The van der Waals surface area contributed by atoms with Gasteiger partial charge in [-0.2, -0.15) is 0 Å². The van der Waals surface area contributed by atoms with E-state index in [1.807, 2.05) is 0 Å². The lowest BCUT2D eigenvalue weighted by atomic mass is 9.96. The average Bonchev–Trinajstić information content (AvgIpc) is 2.47. The third-order valence-electron chi connectivity index (χ3n) is 3.40. The van der Waals surface area contributed by atoms with Crippen LogP contribution in [-0.2, 0) is 16.1 Å². The van der Waals surface area contributed by atoms with E-state index < -0.39 is 0 Å². The van der Waals surface area contributed by atoms with E-state index in [0.29, 0.717) is 18.2 Å². The van der Waals surface area contributed by atoms with Crippen LogP contribution in [0.25, 0.3) is 0 Å². The van der Waals surface area contributed by atoms with E-state index in [9.17, 15) is 4.79 Å². The van der Waals surface area contributed by atoms with Gasteiger partial charge in [0.15, 0.2) is 5.82 Å². The van der Waals surface area contributed by atoms with Crippen LogP contribution in [0.3, 0.4) is 0 Å². The van der Waals surface area contributed by atoms with Crippen molar-refractivity contribution in [3.8, 4) is 0 Å². The van der Waals surface area contributed by atoms with Crippen molar-refractivity contribution in [2.24, 2.45) is 17.5 Å². The summed E-state index contributed by atoms with van der Waals surface area (Å²) in [5, 5.41) is 0. The SMILES string of the molecule is COCc1nc(NN)cc(N2CCC(C(N)=O)CC2)n1. The first-order valence-corrected chi connectivity index (χ1v) is 6.51. The van der Waals surface area contributed by atoms with Crippen LogP contribution in [0.15, 0.2) is 6.07 Å². The zero-order valence-electron chi connectivity index (χ0n) is 11.5. The standard InChI is InChI=1S/C12H20N6O2/c1-20-7-10-15-9(17-14)6-11(16-10)18-4-2-8(3-5-18)12(13)19/h6,8H,2-5,7,14H2,1H3,(H2,13,19)(H,15,16,17). The van der Waals surface area contributed by atoms with Gasteiger partial charge in [-0.3, -0.25) is 4.79 Å². The summed E-state index contributed by atoms with van der Waals surface area (Å²) in [6.45, 7) is 1.79. The van der Waals surface area contributed by atoms with Gasteiger partial charge in [-0.05, 0) is 12.8 Å². The van der Waals surface area contributed by atoms with Gasteiger partial charge in [0.05, 0.1) is 0 Å². The van der Waals surface area contributed by atoms with Crippen LogP contribution in [0.5, 0.6) is 0 Å². The molecule has 1 saturated heterocycles. The lowest BCUT2D eigenvalue weighted by molar-refractivity contribution is -0.122. The molecule has 2 rings (SSSR count). The van der Waals surface area contributed by atoms with Crippen molar-refractivity contribution in [3.63, 3.8) is 0 Å². The number of hydrazine groups is 1. The smallest absolute Gasteiger partial charge is 0.220 e. The van der Waals surface area contributed by atoms with Crippen molar-refractivity contribution in [3.05, 3.63) is 11.9 Å². The number of nitrogen functional groups attached to an aromatic ring is 1. The van der Waals surface area contributed by atoms with E-state index >= 15 is 0 Å². The van der Waals surface area contributed by atoms with Crippen LogP contribution in [0.1, 0.15) is 18.7 Å². The Hall–Kier alpha value is -1.93. The van der Waals surface area contributed by atoms with Gasteiger partial charge in [0.2, 0.25) is 5.91 Å². The molecule has 8 heteroatoms. The van der Waals surface area contributed by atoms with E-state index in [2.05, 4.69) is 20.3 Å². The Morgan fingerprint density at radius 2 is 2.20 bits per heavy atom. The summed E-state index contributed by atoms with van der Waals surface area (Å²) < 4.78 is 5.04. The molecule has 0 saturated carbocycles. The number of piperidine rings is 1. The van der Waals surface area contributed by atoms with Crippen molar-refractivity contribution in [2.45, 2.75) is 19.4 Å². The highest BCUT2D eigenvalue weighted by Gasteiger charge is 2.24. The molecule has 0 atom stereocenters. The zero-order valence-corrected chi connectivity index (χ0v) is 11.5. The Morgan fingerprint density at radius 3 is 2.75 bits per heavy atom. The number of nitrogens with two attached hydrogens (primary N) is 2. The van der Waals surface area contributed by atoms with Crippen LogP contribution < -0.4 is 21.9 Å². The highest BCUT2D eigenvalue weighted by Crippen LogP contribution is 2.23. The molecule has 0 aromatic carbocycles. The molecule has 0 aliphatic carbocycles. The second kappa shape index (κ2) is 6.49. The van der Waals surface area contributed by atoms with Crippen LogP contribution in [0.4, 0.5) is 11.6 Å². The van der Waals surface area contributed by atoms with Gasteiger partial charge in [0, 0.05) is 32.2 Å². The normalized spacial score (nSPS) is 16.2. The quantitative estimate of drug-likeness (QED) is 0.496. The first-order valence-electron chi connectivity index (χ1n) is 6.51. The number of nitrogens with one attached hydrogen (secondary N) is 1. The number of aromatic nitrogens is 2. The topological polar surface area (TPSA) is 119 Å². The second-order valence-electron chi connectivity index (χ2n) is 4.77. The van der Waals surface area contributed by atoms with Crippen molar-refractivity contribution in [2.75, 3.05) is 30.5 Å². The van der Waals surface area contributed by atoms with E-state index in [0.717, 1.165) is 31.7 Å². The summed E-state index contributed by atoms with van der Waals surface area (Å²) in [7, 11) is 1.59. The molecule has 5 N–H and O–H groups in total. The Labute approximate surface area is 117 Å². The van der Waals surface area contributed by atoms with Gasteiger partial charge in [-0.15, -0.1) is 0 Å². The molecule has 1 aromatic rings. The van der Waals surface area contributed by atoms with Crippen LogP contribution in [-0.4, -0.2) is 36.1 Å². The maximum atomic E-state index is 11.2. The van der Waals surface area contributed by atoms with Gasteiger partial charge in [-0.1, -0.05) is 0 Å². The van der Waals surface area contributed by atoms with Crippen molar-refractivity contribution >= 4 is 17.5 Å². The fraction of sp³-hybridized carbons (Fsp3) is 0.583. The number of nitrogens with zero attached hydrogens (tertiary/aromatic N) is 3. The number of amides is 1. The molecular weight excluding hydrogens is 260 g/mol. The summed E-state index contributed by atoms with van der Waals surface area (Å²) >= 11 is 0. The molecule has 1 aliphatic rings. The molecular formula is C12H20N6O2. The highest BCUT2D eigenvalue weighted by atomic mass is 16.5. The van der Waals surface area contributed by atoms with Gasteiger partial charge in [-0.25, -0.2) is 15.8 Å². The summed E-state index contributed by atoms with van der Waals surface area (Å²) in [6, 6.07) is 1.78. The maximum absolute atomic E-state index is 11.2. The summed E-state index contributed by atoms with van der Waals surface area (Å²) in [5.74, 6) is 7.03. The van der Waals surface area contributed by atoms with Crippen LogP contribution in [0, 0.1) is 5.92 Å². The van der Waals surface area contributed by atoms with E-state index in [1.165, 1.54) is 0 Å². The first-order chi connectivity index (χ1) is 9.63. The summed E-state index contributed by atoms with van der Waals surface area (Å²) in [5.41, 5.74) is 7.86. The molecule has 0 spiro atoms. The monoisotopic (exact) mass is 280 g/mol. The highest BCUT2D eigenvalue weighted by molar-refractivity contribution is 5.77. The minimum absolute atomic E-state index is 0.0429. The Bertz CT molecular complexity index is 473. The number of ether oxygens (including phenoxy) is 1. The second-order valence-corrected chi connectivity index (χ2v) is 4.77. The van der Waals surface area contributed by atoms with Gasteiger partial charge in [0.1, 0.15) is 18.2 Å². The molecule has 1 fully saturated rings. The van der Waals surface area contributed by atoms with Gasteiger partial charge >= 0.3 is 0 Å². The zero-order chi connectivity index (χ0) is 14.5. The number of hydrogen-bond acceptors (Lipinski definition) is 7. The van der Waals surface area contributed by atoms with Crippen molar-refractivity contribution in [1.82, 2.24) is 9.97 Å². The van der Waals surface area contributed by atoms with Crippen LogP contribution in [0.2, 0.25) is 0 Å². The third-order valence-corrected chi connectivity index (χ3v) is 3.40. The lowest BCUT2D eigenvalue weighted by Crippen LogP contribution is -2.39. The lowest BCUT2D eigenvalue weighted by Gasteiger charge is -2.31. The van der Waals surface area contributed by atoms with E-state index in [1.54, 1.807) is 13.2 Å². The number of carbonyl (C=O) groups is 1. The molecule has 1 amide bonds. The van der Waals surface area contributed by atoms with Crippen molar-refractivity contribution in [1.29, 1.82) is 0 Å². The average molecular weight is 280 g/mol. The number of anilines is 2. The molecule has 0 radical (unpaired) electrons. The molecule has 1 aromatic heterocycles. The predicted molar refractivity (Wildman–Crippen MR) is 74.7 cm³/mol. The molecule has 1 aliphatic heterocycles. The van der Waals surface area contributed by atoms with Gasteiger partial charge in [0.25, 0.3) is 0 Å². The molecule has 20 heavy (non-hydrogen) atoms. The first kappa shape index (κ1) is 14.5. The number of methoxy groups -OCH3 is 1. The Kier molecular flexibility index (Phi) is 4.70. The van der Waals surface area contributed by atoms with Crippen LogP contribution >= 0.6 is 0 Å². The van der Waals surface area contributed by atoms with Crippen molar-refractivity contribution < 1.29 is 9.53 Å². The Balaban J connectivity index is 2.12. The van der Waals surface area contributed by atoms with Gasteiger partial charge < -0.3 is 20.8 Å². The number of rotatable bonds is 5. The number of primary amides is 1. The molecule has 2 heterocycles. The summed E-state index contributed by atoms with van der Waals surface area (Å²) in [6.07, 6.45) is 1.48. The molecule has 0 unspecified atom stereocenters. The third kappa shape index (κ3) is 3.34. The molecule has 110 valence electrons. The number of carbonyl (C=O) groups excluding carboxylic acids is 1. The molecule has 8 nitrogen and oxygen atoms in total. The minimum atomic E-state index is -0.225. The van der Waals surface area contributed by atoms with E-state index in [4.69, 9.17) is 16.3 Å². The fourth-order valence-corrected chi connectivity index (χ4v) is 2.31. The molecule has 0 bridgehead atoms. The minimum Gasteiger partial charge on any atom is -0.377 e. The maximum Gasteiger partial charge on any atom is 0.220 e. The fourth-order valence-electron chi connectivity index (χ4n) is 2.31. The van der Waals surface area contributed by atoms with E-state index in [-0.39, 0.29) is 11.8 Å².